The van der Waals surface area contributed by atoms with Gasteiger partial charge in [-0.1, -0.05) is 12.1 Å². The lowest BCUT2D eigenvalue weighted by molar-refractivity contribution is 0.606. The van der Waals surface area contributed by atoms with Crippen molar-refractivity contribution < 1.29 is 4.39 Å². The summed E-state index contributed by atoms with van der Waals surface area (Å²) in [5, 5.41) is 3.48. The van der Waals surface area contributed by atoms with Crippen molar-refractivity contribution in [1.29, 1.82) is 0 Å². The van der Waals surface area contributed by atoms with Crippen LogP contribution in [0.1, 0.15) is 31.2 Å². The fraction of sp³-hybridized carbons (Fsp3) is 0.538. The van der Waals surface area contributed by atoms with E-state index in [1.54, 1.807) is 6.07 Å². The quantitative estimate of drug-likeness (QED) is 0.787. The summed E-state index contributed by atoms with van der Waals surface area (Å²) in [6.45, 7) is 1.09. The smallest absolute Gasteiger partial charge is 0.137 e. The van der Waals surface area contributed by atoms with Gasteiger partial charge in [0.05, 0.1) is 4.47 Å². The Balaban J connectivity index is 1.69. The van der Waals surface area contributed by atoms with Gasteiger partial charge in [-0.25, -0.2) is 4.39 Å². The molecule has 0 bridgehead atoms. The fourth-order valence-electron chi connectivity index (χ4n) is 1.78. The summed E-state index contributed by atoms with van der Waals surface area (Å²) in [5.41, 5.74) is 1.08. The van der Waals surface area contributed by atoms with Gasteiger partial charge in [0.2, 0.25) is 0 Å². The molecule has 1 N–H and O–H groups in total. The van der Waals surface area contributed by atoms with Crippen molar-refractivity contribution in [3.05, 3.63) is 34.1 Å². The molecule has 0 aliphatic heterocycles. The number of nitrogens with one attached hydrogen (secondary N) is 1. The highest BCUT2D eigenvalue weighted by atomic mass is 79.9. The molecule has 1 aromatic rings. The third-order valence-corrected chi connectivity index (χ3v) is 3.80. The Kier molecular flexibility index (Phi) is 4.36. The molecule has 1 fully saturated rings. The Labute approximate surface area is 105 Å². The Hall–Kier alpha value is -0.410. The monoisotopic (exact) mass is 285 g/mol. The largest absolute Gasteiger partial charge is 0.314 e. The number of benzene rings is 1. The number of aryl methyl sites for hydroxylation is 1. The first-order chi connectivity index (χ1) is 7.77. The summed E-state index contributed by atoms with van der Waals surface area (Å²) < 4.78 is 13.8. The van der Waals surface area contributed by atoms with Crippen LogP contribution in [0.4, 0.5) is 4.39 Å². The van der Waals surface area contributed by atoms with Crippen LogP contribution in [0.3, 0.4) is 0 Å². The molecule has 2 rings (SSSR count). The van der Waals surface area contributed by atoms with Crippen molar-refractivity contribution in [3.8, 4) is 0 Å². The van der Waals surface area contributed by atoms with Gasteiger partial charge in [-0.3, -0.25) is 0 Å². The summed E-state index contributed by atoms with van der Waals surface area (Å²) in [7, 11) is 0. The lowest BCUT2D eigenvalue weighted by Crippen LogP contribution is -2.17. The van der Waals surface area contributed by atoms with Gasteiger partial charge in [0, 0.05) is 6.04 Å². The summed E-state index contributed by atoms with van der Waals surface area (Å²) in [4.78, 5) is 0. The minimum Gasteiger partial charge on any atom is -0.314 e. The van der Waals surface area contributed by atoms with Crippen molar-refractivity contribution in [2.45, 2.75) is 38.1 Å². The van der Waals surface area contributed by atoms with Crippen molar-refractivity contribution in [2.75, 3.05) is 6.54 Å². The van der Waals surface area contributed by atoms with E-state index in [2.05, 4.69) is 21.2 Å². The first-order valence-corrected chi connectivity index (χ1v) is 6.73. The first-order valence-electron chi connectivity index (χ1n) is 5.93. The number of hydrogen-bond donors (Lipinski definition) is 1. The zero-order chi connectivity index (χ0) is 11.4. The standard InChI is InChI=1S/C13H17BrFN/c14-13-10(5-3-6-12(13)15)4-1-2-9-16-11-7-8-11/h3,5-6,11,16H,1-2,4,7-9H2. The summed E-state index contributed by atoms with van der Waals surface area (Å²) in [5.74, 6) is -0.159. The molecule has 0 unspecified atom stereocenters. The predicted octanol–water partition coefficient (Wildman–Crippen LogP) is 3.66. The molecule has 0 heterocycles. The van der Waals surface area contributed by atoms with E-state index in [1.165, 1.54) is 25.3 Å². The Bertz CT molecular complexity index is 350. The molecule has 1 aliphatic rings. The normalized spacial score (nSPS) is 15.4. The third-order valence-electron chi connectivity index (χ3n) is 2.91. The number of rotatable bonds is 6. The molecule has 1 saturated carbocycles. The van der Waals surface area contributed by atoms with Gasteiger partial charge < -0.3 is 5.32 Å². The molecule has 0 radical (unpaired) electrons. The van der Waals surface area contributed by atoms with Gasteiger partial charge >= 0.3 is 0 Å². The molecule has 88 valence electrons. The number of hydrogen-bond acceptors (Lipinski definition) is 1. The highest BCUT2D eigenvalue weighted by Gasteiger charge is 2.19. The van der Waals surface area contributed by atoms with Crippen LogP contribution in [-0.4, -0.2) is 12.6 Å². The van der Waals surface area contributed by atoms with Gasteiger partial charge in [-0.05, 0) is 66.2 Å². The number of unbranched alkanes of at least 4 members (excludes halogenated alkanes) is 1. The molecule has 1 aromatic carbocycles. The maximum atomic E-state index is 13.2. The lowest BCUT2D eigenvalue weighted by atomic mass is 10.1. The van der Waals surface area contributed by atoms with Gasteiger partial charge in [0.1, 0.15) is 5.82 Å². The van der Waals surface area contributed by atoms with Crippen molar-refractivity contribution in [1.82, 2.24) is 5.32 Å². The van der Waals surface area contributed by atoms with Crippen LogP contribution in [0.2, 0.25) is 0 Å². The van der Waals surface area contributed by atoms with Crippen molar-refractivity contribution in [3.63, 3.8) is 0 Å². The summed E-state index contributed by atoms with van der Waals surface area (Å²) in [6, 6.07) is 6.04. The average Bonchev–Trinajstić information content (AvgIpc) is 3.07. The molecule has 3 heteroatoms. The SMILES string of the molecule is Fc1cccc(CCCCNC2CC2)c1Br. The first kappa shape index (κ1) is 12.1. The molecule has 1 aliphatic carbocycles. The zero-order valence-corrected chi connectivity index (χ0v) is 10.9. The van der Waals surface area contributed by atoms with Crippen LogP contribution >= 0.6 is 15.9 Å². The zero-order valence-electron chi connectivity index (χ0n) is 9.31. The van der Waals surface area contributed by atoms with E-state index in [4.69, 9.17) is 0 Å². The maximum absolute atomic E-state index is 13.2. The summed E-state index contributed by atoms with van der Waals surface area (Å²) >= 11 is 3.29. The number of halogens is 2. The molecule has 0 amide bonds. The van der Waals surface area contributed by atoms with Gasteiger partial charge in [0.25, 0.3) is 0 Å². The van der Waals surface area contributed by atoms with Crippen LogP contribution < -0.4 is 5.32 Å². The van der Waals surface area contributed by atoms with Crippen LogP contribution in [-0.2, 0) is 6.42 Å². The van der Waals surface area contributed by atoms with E-state index in [0.29, 0.717) is 4.47 Å². The molecular formula is C13H17BrFN. The third kappa shape index (κ3) is 3.56. The van der Waals surface area contributed by atoms with Crippen LogP contribution in [0.5, 0.6) is 0 Å². The molecule has 1 nitrogen and oxygen atoms in total. The average molecular weight is 286 g/mol. The van der Waals surface area contributed by atoms with E-state index >= 15 is 0 Å². The van der Waals surface area contributed by atoms with Gasteiger partial charge in [-0.2, -0.15) is 0 Å². The van der Waals surface area contributed by atoms with Crippen LogP contribution in [0.15, 0.2) is 22.7 Å². The van der Waals surface area contributed by atoms with Crippen molar-refractivity contribution in [2.24, 2.45) is 0 Å². The molecule has 16 heavy (non-hydrogen) atoms. The highest BCUT2D eigenvalue weighted by molar-refractivity contribution is 9.10. The van der Waals surface area contributed by atoms with Crippen LogP contribution in [0.25, 0.3) is 0 Å². The predicted molar refractivity (Wildman–Crippen MR) is 68.1 cm³/mol. The van der Waals surface area contributed by atoms with Gasteiger partial charge in [0.15, 0.2) is 0 Å². The Morgan fingerprint density at radius 2 is 2.12 bits per heavy atom. The minimum absolute atomic E-state index is 0.159. The minimum atomic E-state index is -0.159. The van der Waals surface area contributed by atoms with E-state index in [9.17, 15) is 4.39 Å². The highest BCUT2D eigenvalue weighted by Crippen LogP contribution is 2.22. The molecule has 0 aromatic heterocycles. The van der Waals surface area contributed by atoms with E-state index < -0.39 is 0 Å². The summed E-state index contributed by atoms with van der Waals surface area (Å²) in [6.07, 6.45) is 5.91. The second kappa shape index (κ2) is 5.78. The van der Waals surface area contributed by atoms with E-state index in [0.717, 1.165) is 31.0 Å². The second-order valence-corrected chi connectivity index (χ2v) is 5.19. The second-order valence-electron chi connectivity index (χ2n) is 4.40. The van der Waals surface area contributed by atoms with E-state index in [-0.39, 0.29) is 5.82 Å². The lowest BCUT2D eigenvalue weighted by Gasteiger charge is -2.05. The maximum Gasteiger partial charge on any atom is 0.137 e. The van der Waals surface area contributed by atoms with Crippen molar-refractivity contribution >= 4 is 15.9 Å². The Morgan fingerprint density at radius 3 is 2.88 bits per heavy atom. The molecular weight excluding hydrogens is 269 g/mol. The molecule has 0 saturated heterocycles. The Morgan fingerprint density at radius 1 is 1.31 bits per heavy atom. The fourth-order valence-corrected chi connectivity index (χ4v) is 2.24. The topological polar surface area (TPSA) is 12.0 Å². The molecule has 0 atom stereocenters. The van der Waals surface area contributed by atoms with Gasteiger partial charge in [-0.15, -0.1) is 0 Å². The van der Waals surface area contributed by atoms with Crippen LogP contribution in [0, 0.1) is 5.82 Å². The van der Waals surface area contributed by atoms with E-state index in [1.807, 2.05) is 6.07 Å². The molecule has 0 spiro atoms.